The van der Waals surface area contributed by atoms with Crippen LogP contribution in [0.1, 0.15) is 29.9 Å². The van der Waals surface area contributed by atoms with Crippen LogP contribution in [0.2, 0.25) is 5.02 Å². The van der Waals surface area contributed by atoms with Crippen molar-refractivity contribution >= 4 is 29.0 Å². The van der Waals surface area contributed by atoms with Crippen LogP contribution in [0.4, 0.5) is 24.7 Å². The van der Waals surface area contributed by atoms with Crippen molar-refractivity contribution in [2.45, 2.75) is 26.1 Å². The van der Waals surface area contributed by atoms with Crippen LogP contribution in [0.15, 0.2) is 30.6 Å². The number of carbonyl (C=O) groups is 1. The predicted molar refractivity (Wildman–Crippen MR) is 85.2 cm³/mol. The van der Waals surface area contributed by atoms with Crippen molar-refractivity contribution in [2.75, 3.05) is 10.6 Å². The summed E-state index contributed by atoms with van der Waals surface area (Å²) in [7, 11) is 0. The number of anilines is 2. The highest BCUT2D eigenvalue weighted by Gasteiger charge is 2.33. The number of rotatable bonds is 4. The first kappa shape index (κ1) is 18.0. The molecule has 0 bridgehead atoms. The molecule has 1 aromatic carbocycles. The molecular weight excluding hydrogens is 345 g/mol. The molecule has 9 heteroatoms. The number of amides is 1. The minimum atomic E-state index is -4.61. The van der Waals surface area contributed by atoms with Gasteiger partial charge in [-0.15, -0.1) is 0 Å². The fourth-order valence-corrected chi connectivity index (χ4v) is 2.06. The highest BCUT2D eigenvalue weighted by molar-refractivity contribution is 6.31. The molecule has 0 radical (unpaired) electrons. The molecule has 2 aromatic rings. The van der Waals surface area contributed by atoms with E-state index in [0.29, 0.717) is 5.82 Å². The standard InChI is InChI=1S/C15H14ClF3N4O/c1-8(2)22-13-7-20-12(6-21-13)14(24)23-9-3-4-11(16)10(5-9)15(17,18)19/h3-8H,1-2H3,(H,21,22)(H,23,24). The number of nitrogens with one attached hydrogen (secondary N) is 2. The van der Waals surface area contributed by atoms with E-state index in [1.54, 1.807) is 0 Å². The summed E-state index contributed by atoms with van der Waals surface area (Å²) in [6.07, 6.45) is -2.00. The number of nitrogens with zero attached hydrogens (tertiary/aromatic N) is 2. The maximum Gasteiger partial charge on any atom is 0.417 e. The summed E-state index contributed by atoms with van der Waals surface area (Å²) >= 11 is 5.53. The number of hydrogen-bond donors (Lipinski definition) is 2. The molecule has 1 aromatic heterocycles. The van der Waals surface area contributed by atoms with Crippen LogP contribution in [-0.2, 0) is 6.18 Å². The summed E-state index contributed by atoms with van der Waals surface area (Å²) in [6, 6.07) is 3.26. The molecule has 0 aliphatic heterocycles. The molecule has 0 saturated heterocycles. The average molecular weight is 359 g/mol. The van der Waals surface area contributed by atoms with Crippen molar-refractivity contribution in [3.63, 3.8) is 0 Å². The molecule has 0 spiro atoms. The summed E-state index contributed by atoms with van der Waals surface area (Å²) in [4.78, 5) is 20.0. The largest absolute Gasteiger partial charge is 0.417 e. The lowest BCUT2D eigenvalue weighted by Crippen LogP contribution is -2.16. The van der Waals surface area contributed by atoms with Gasteiger partial charge < -0.3 is 10.6 Å². The van der Waals surface area contributed by atoms with Crippen molar-refractivity contribution < 1.29 is 18.0 Å². The van der Waals surface area contributed by atoms with E-state index in [2.05, 4.69) is 20.6 Å². The van der Waals surface area contributed by atoms with Crippen LogP contribution in [0, 0.1) is 0 Å². The van der Waals surface area contributed by atoms with E-state index in [-0.39, 0.29) is 17.4 Å². The van der Waals surface area contributed by atoms with Gasteiger partial charge in [-0.3, -0.25) is 4.79 Å². The topological polar surface area (TPSA) is 66.9 Å². The van der Waals surface area contributed by atoms with Crippen LogP contribution in [-0.4, -0.2) is 21.9 Å². The molecule has 0 aliphatic carbocycles. The third kappa shape index (κ3) is 4.58. The lowest BCUT2D eigenvalue weighted by atomic mass is 10.2. The fourth-order valence-electron chi connectivity index (χ4n) is 1.83. The van der Waals surface area contributed by atoms with Crippen molar-refractivity contribution in [2.24, 2.45) is 0 Å². The summed E-state index contributed by atoms with van der Waals surface area (Å²) in [5.41, 5.74) is -1.08. The summed E-state index contributed by atoms with van der Waals surface area (Å²) in [6.45, 7) is 3.84. The van der Waals surface area contributed by atoms with E-state index in [1.807, 2.05) is 13.8 Å². The summed E-state index contributed by atoms with van der Waals surface area (Å²) in [5.74, 6) is -0.179. The fraction of sp³-hybridized carbons (Fsp3) is 0.267. The number of hydrogen-bond acceptors (Lipinski definition) is 4. The van der Waals surface area contributed by atoms with Crippen LogP contribution >= 0.6 is 11.6 Å². The predicted octanol–water partition coefficient (Wildman–Crippen LogP) is 4.22. The Balaban J connectivity index is 2.15. The monoisotopic (exact) mass is 358 g/mol. The molecule has 24 heavy (non-hydrogen) atoms. The molecule has 5 nitrogen and oxygen atoms in total. The SMILES string of the molecule is CC(C)Nc1cnc(C(=O)Nc2ccc(Cl)c(C(F)(F)F)c2)cn1. The third-order valence-corrected chi connectivity index (χ3v) is 3.18. The van der Waals surface area contributed by atoms with Gasteiger partial charge in [-0.1, -0.05) is 11.6 Å². The highest BCUT2D eigenvalue weighted by Crippen LogP contribution is 2.36. The van der Waals surface area contributed by atoms with Gasteiger partial charge in [-0.25, -0.2) is 9.97 Å². The van der Waals surface area contributed by atoms with E-state index >= 15 is 0 Å². The van der Waals surface area contributed by atoms with E-state index in [4.69, 9.17) is 11.6 Å². The van der Waals surface area contributed by atoms with Gasteiger partial charge in [0.15, 0.2) is 0 Å². The minimum Gasteiger partial charge on any atom is -0.367 e. The minimum absolute atomic E-state index is 0.0205. The average Bonchev–Trinajstić information content (AvgIpc) is 2.48. The van der Waals surface area contributed by atoms with Gasteiger partial charge in [0, 0.05) is 11.7 Å². The van der Waals surface area contributed by atoms with Crippen LogP contribution < -0.4 is 10.6 Å². The maximum atomic E-state index is 12.8. The molecule has 128 valence electrons. The van der Waals surface area contributed by atoms with Gasteiger partial charge in [0.25, 0.3) is 5.91 Å². The number of carbonyl (C=O) groups excluding carboxylic acids is 1. The molecule has 0 fully saturated rings. The van der Waals surface area contributed by atoms with Crippen LogP contribution in [0.5, 0.6) is 0 Å². The second kappa shape index (κ2) is 7.04. The quantitative estimate of drug-likeness (QED) is 0.858. The van der Waals surface area contributed by atoms with Gasteiger partial charge in [-0.2, -0.15) is 13.2 Å². The second-order valence-corrected chi connectivity index (χ2v) is 5.64. The van der Waals surface area contributed by atoms with Crippen LogP contribution in [0.3, 0.4) is 0 Å². The Morgan fingerprint density at radius 1 is 1.21 bits per heavy atom. The molecule has 0 aliphatic rings. The van der Waals surface area contributed by atoms with Crippen LogP contribution in [0.25, 0.3) is 0 Å². The van der Waals surface area contributed by atoms with Gasteiger partial charge in [0.1, 0.15) is 11.5 Å². The first-order valence-electron chi connectivity index (χ1n) is 6.93. The Kier molecular flexibility index (Phi) is 5.28. The molecule has 1 amide bonds. The third-order valence-electron chi connectivity index (χ3n) is 2.85. The zero-order valence-electron chi connectivity index (χ0n) is 12.8. The van der Waals surface area contributed by atoms with E-state index in [9.17, 15) is 18.0 Å². The molecule has 0 unspecified atom stereocenters. The lowest BCUT2D eigenvalue weighted by molar-refractivity contribution is -0.137. The Morgan fingerprint density at radius 2 is 1.92 bits per heavy atom. The zero-order valence-corrected chi connectivity index (χ0v) is 13.5. The molecule has 0 saturated carbocycles. The van der Waals surface area contributed by atoms with Gasteiger partial charge in [0.05, 0.1) is 23.0 Å². The molecular formula is C15H14ClF3N4O. The van der Waals surface area contributed by atoms with E-state index in [1.165, 1.54) is 18.5 Å². The van der Waals surface area contributed by atoms with Crippen molar-refractivity contribution in [3.8, 4) is 0 Å². The first-order chi connectivity index (χ1) is 11.2. The Morgan fingerprint density at radius 3 is 2.46 bits per heavy atom. The molecule has 0 atom stereocenters. The number of benzene rings is 1. The normalized spacial score (nSPS) is 11.5. The zero-order chi connectivity index (χ0) is 17.9. The van der Waals surface area contributed by atoms with E-state index in [0.717, 1.165) is 12.1 Å². The number of halogens is 4. The highest BCUT2D eigenvalue weighted by atomic mass is 35.5. The Labute approximate surface area is 141 Å². The number of aromatic nitrogens is 2. The lowest BCUT2D eigenvalue weighted by Gasteiger charge is -2.12. The van der Waals surface area contributed by atoms with Gasteiger partial charge >= 0.3 is 6.18 Å². The molecule has 1 heterocycles. The Hall–Kier alpha value is -2.35. The van der Waals surface area contributed by atoms with E-state index < -0.39 is 22.7 Å². The first-order valence-corrected chi connectivity index (χ1v) is 7.31. The summed E-state index contributed by atoms with van der Waals surface area (Å²) in [5, 5.41) is 4.90. The van der Waals surface area contributed by atoms with Crippen molar-refractivity contribution in [1.82, 2.24) is 9.97 Å². The van der Waals surface area contributed by atoms with Gasteiger partial charge in [-0.05, 0) is 32.0 Å². The van der Waals surface area contributed by atoms with Crippen molar-refractivity contribution in [3.05, 3.63) is 46.9 Å². The summed E-state index contributed by atoms with van der Waals surface area (Å²) < 4.78 is 38.4. The Bertz CT molecular complexity index is 732. The smallest absolute Gasteiger partial charge is 0.367 e. The van der Waals surface area contributed by atoms with Gasteiger partial charge in [0.2, 0.25) is 0 Å². The second-order valence-electron chi connectivity index (χ2n) is 5.23. The molecule has 2 rings (SSSR count). The maximum absolute atomic E-state index is 12.8. The van der Waals surface area contributed by atoms with Crippen molar-refractivity contribution in [1.29, 1.82) is 0 Å². The number of alkyl halides is 3. The molecule has 2 N–H and O–H groups in total.